The molecule has 0 radical (unpaired) electrons. The smallest absolute Gasteiger partial charge is 0.0377 e. The molecule has 1 aliphatic heterocycles. The fraction of sp³-hybridized carbons (Fsp3) is 0.571. The predicted molar refractivity (Wildman–Crippen MR) is 80.9 cm³/mol. The van der Waals surface area contributed by atoms with E-state index in [4.69, 9.17) is 11.5 Å². The van der Waals surface area contributed by atoms with Gasteiger partial charge < -0.3 is 16.4 Å². The van der Waals surface area contributed by atoms with Crippen molar-refractivity contribution in [1.82, 2.24) is 0 Å². The van der Waals surface area contributed by atoms with Crippen molar-refractivity contribution in [1.29, 1.82) is 0 Å². The topological polar surface area (TPSA) is 55.3 Å². The van der Waals surface area contributed by atoms with Gasteiger partial charge in [0, 0.05) is 23.2 Å². The highest BCUT2D eigenvalue weighted by Gasteiger charge is 2.32. The van der Waals surface area contributed by atoms with Gasteiger partial charge in [-0.2, -0.15) is 0 Å². The molecule has 3 nitrogen and oxygen atoms in total. The molecule has 0 atom stereocenters. The van der Waals surface area contributed by atoms with Gasteiger partial charge in [-0.1, -0.05) is 22.0 Å². The van der Waals surface area contributed by atoms with Gasteiger partial charge in [0.2, 0.25) is 0 Å². The molecule has 2 rings (SSSR count). The quantitative estimate of drug-likeness (QED) is 0.900. The molecule has 18 heavy (non-hydrogen) atoms. The van der Waals surface area contributed by atoms with Crippen molar-refractivity contribution in [3.8, 4) is 0 Å². The summed E-state index contributed by atoms with van der Waals surface area (Å²) < 4.78 is 1.18. The Bertz CT molecular complexity index is 406. The Morgan fingerprint density at radius 3 is 2.33 bits per heavy atom. The van der Waals surface area contributed by atoms with Gasteiger partial charge in [-0.3, -0.25) is 0 Å². The van der Waals surface area contributed by atoms with Crippen LogP contribution in [0.4, 0.5) is 5.69 Å². The number of piperidine rings is 1. The van der Waals surface area contributed by atoms with Crippen LogP contribution in [0.25, 0.3) is 0 Å². The maximum Gasteiger partial charge on any atom is 0.0377 e. The predicted octanol–water partition coefficient (Wildman–Crippen LogP) is 2.26. The molecular formula is C14H22BrN3. The van der Waals surface area contributed by atoms with Crippen molar-refractivity contribution >= 4 is 21.6 Å². The van der Waals surface area contributed by atoms with E-state index < -0.39 is 0 Å². The van der Waals surface area contributed by atoms with Crippen LogP contribution in [0.5, 0.6) is 0 Å². The first-order chi connectivity index (χ1) is 8.60. The summed E-state index contributed by atoms with van der Waals surface area (Å²) in [4.78, 5) is 2.42. The maximum absolute atomic E-state index is 5.87. The van der Waals surface area contributed by atoms with Crippen LogP contribution in [-0.4, -0.2) is 26.2 Å². The highest BCUT2D eigenvalue weighted by atomic mass is 79.9. The zero-order valence-electron chi connectivity index (χ0n) is 11.0. The minimum absolute atomic E-state index is 0.165. The van der Waals surface area contributed by atoms with Crippen molar-refractivity contribution in [2.45, 2.75) is 19.8 Å². The number of hydrogen-bond donors (Lipinski definition) is 2. The lowest BCUT2D eigenvalue weighted by molar-refractivity contribution is 0.238. The first kappa shape index (κ1) is 13.8. The Balaban J connectivity index is 2.07. The van der Waals surface area contributed by atoms with Gasteiger partial charge in [0.1, 0.15) is 0 Å². The summed E-state index contributed by atoms with van der Waals surface area (Å²) in [6.45, 7) is 5.61. The van der Waals surface area contributed by atoms with Crippen molar-refractivity contribution < 1.29 is 0 Å². The van der Waals surface area contributed by atoms with E-state index in [2.05, 4.69) is 46.0 Å². The highest BCUT2D eigenvalue weighted by molar-refractivity contribution is 9.10. The third kappa shape index (κ3) is 2.71. The number of rotatable bonds is 3. The van der Waals surface area contributed by atoms with E-state index in [0.29, 0.717) is 13.1 Å². The second-order valence-corrected chi connectivity index (χ2v) is 6.18. The minimum Gasteiger partial charge on any atom is -0.371 e. The summed E-state index contributed by atoms with van der Waals surface area (Å²) in [5.74, 6) is 0. The van der Waals surface area contributed by atoms with Gasteiger partial charge in [-0.05, 0) is 56.0 Å². The third-order valence-electron chi connectivity index (χ3n) is 4.21. The average molecular weight is 312 g/mol. The summed E-state index contributed by atoms with van der Waals surface area (Å²) in [6.07, 6.45) is 2.18. The van der Waals surface area contributed by atoms with E-state index >= 15 is 0 Å². The lowest BCUT2D eigenvalue weighted by Gasteiger charge is -2.41. The van der Waals surface area contributed by atoms with E-state index in [1.807, 2.05) is 0 Å². The first-order valence-corrected chi connectivity index (χ1v) is 7.31. The first-order valence-electron chi connectivity index (χ1n) is 6.51. The SMILES string of the molecule is Cc1ccc(N2CCC(CN)(CN)CC2)cc1Br. The van der Waals surface area contributed by atoms with Crippen molar-refractivity contribution in [2.24, 2.45) is 16.9 Å². The average Bonchev–Trinajstić information content (AvgIpc) is 2.42. The number of hydrogen-bond acceptors (Lipinski definition) is 3. The normalized spacial score (nSPS) is 19.0. The van der Waals surface area contributed by atoms with Gasteiger partial charge in [-0.15, -0.1) is 0 Å². The van der Waals surface area contributed by atoms with E-state index in [9.17, 15) is 0 Å². The zero-order chi connectivity index (χ0) is 13.2. The molecule has 100 valence electrons. The van der Waals surface area contributed by atoms with Crippen LogP contribution in [0.3, 0.4) is 0 Å². The second-order valence-electron chi connectivity index (χ2n) is 5.33. The molecular weight excluding hydrogens is 290 g/mol. The Morgan fingerprint density at radius 1 is 1.22 bits per heavy atom. The van der Waals surface area contributed by atoms with Crippen LogP contribution in [0.15, 0.2) is 22.7 Å². The van der Waals surface area contributed by atoms with Gasteiger partial charge >= 0.3 is 0 Å². The molecule has 4 N–H and O–H groups in total. The monoisotopic (exact) mass is 311 g/mol. The van der Waals surface area contributed by atoms with E-state index in [1.54, 1.807) is 0 Å². The van der Waals surface area contributed by atoms with Crippen molar-refractivity contribution in [2.75, 3.05) is 31.1 Å². The molecule has 0 saturated carbocycles. The van der Waals surface area contributed by atoms with Crippen molar-refractivity contribution in [3.63, 3.8) is 0 Å². The molecule has 1 fully saturated rings. The lowest BCUT2D eigenvalue weighted by Crippen LogP contribution is -2.47. The largest absolute Gasteiger partial charge is 0.371 e. The fourth-order valence-corrected chi connectivity index (χ4v) is 2.88. The summed E-state index contributed by atoms with van der Waals surface area (Å²) in [7, 11) is 0. The van der Waals surface area contributed by atoms with Crippen molar-refractivity contribution in [3.05, 3.63) is 28.2 Å². The van der Waals surface area contributed by atoms with Crippen LogP contribution in [0.2, 0.25) is 0 Å². The lowest BCUT2D eigenvalue weighted by atomic mass is 9.78. The number of benzene rings is 1. The second kappa shape index (κ2) is 5.59. The molecule has 1 aromatic carbocycles. The molecule has 0 bridgehead atoms. The molecule has 4 heteroatoms. The molecule has 0 aromatic heterocycles. The molecule has 1 heterocycles. The van der Waals surface area contributed by atoms with Crippen LogP contribution in [0.1, 0.15) is 18.4 Å². The Hall–Kier alpha value is -0.580. The Labute approximate surface area is 118 Å². The minimum atomic E-state index is 0.165. The maximum atomic E-state index is 5.87. The fourth-order valence-electron chi connectivity index (χ4n) is 2.51. The van der Waals surface area contributed by atoms with E-state index in [1.165, 1.54) is 15.7 Å². The molecule has 1 aliphatic rings. The van der Waals surface area contributed by atoms with Crippen LogP contribution in [0, 0.1) is 12.3 Å². The summed E-state index contributed by atoms with van der Waals surface area (Å²) in [5, 5.41) is 0. The standard InChI is InChI=1S/C14H22BrN3/c1-11-2-3-12(8-13(11)15)18-6-4-14(9-16,10-17)5-7-18/h2-3,8H,4-7,9-10,16-17H2,1H3. The van der Waals surface area contributed by atoms with Crippen LogP contribution >= 0.6 is 15.9 Å². The number of halogens is 1. The zero-order valence-corrected chi connectivity index (χ0v) is 12.5. The van der Waals surface area contributed by atoms with E-state index in [-0.39, 0.29) is 5.41 Å². The number of aryl methyl sites for hydroxylation is 1. The number of nitrogens with two attached hydrogens (primary N) is 2. The third-order valence-corrected chi connectivity index (χ3v) is 5.07. The van der Waals surface area contributed by atoms with Gasteiger partial charge in [0.15, 0.2) is 0 Å². The summed E-state index contributed by atoms with van der Waals surface area (Å²) in [5.41, 5.74) is 14.5. The molecule has 0 aliphatic carbocycles. The summed E-state index contributed by atoms with van der Waals surface area (Å²) in [6, 6.07) is 6.55. The van der Waals surface area contributed by atoms with E-state index in [0.717, 1.165) is 25.9 Å². The number of anilines is 1. The molecule has 0 amide bonds. The molecule has 0 unspecified atom stereocenters. The molecule has 1 saturated heterocycles. The molecule has 1 aromatic rings. The molecule has 0 spiro atoms. The van der Waals surface area contributed by atoms with Gasteiger partial charge in [-0.25, -0.2) is 0 Å². The van der Waals surface area contributed by atoms with Crippen LogP contribution in [-0.2, 0) is 0 Å². The van der Waals surface area contributed by atoms with Crippen LogP contribution < -0.4 is 16.4 Å². The van der Waals surface area contributed by atoms with Gasteiger partial charge in [0.05, 0.1) is 0 Å². The number of nitrogens with zero attached hydrogens (tertiary/aromatic N) is 1. The highest BCUT2D eigenvalue weighted by Crippen LogP contribution is 2.32. The summed E-state index contributed by atoms with van der Waals surface area (Å²) >= 11 is 3.60. The Kier molecular flexibility index (Phi) is 4.30. The Morgan fingerprint density at radius 2 is 1.83 bits per heavy atom. The van der Waals surface area contributed by atoms with Gasteiger partial charge in [0.25, 0.3) is 0 Å².